The van der Waals surface area contributed by atoms with E-state index in [1.165, 1.54) is 12.8 Å². The number of hydrogen-bond acceptors (Lipinski definition) is 4. The Kier molecular flexibility index (Phi) is 4.39. The highest BCUT2D eigenvalue weighted by Crippen LogP contribution is 2.41. The fraction of sp³-hybridized carbons (Fsp3) is 0.737. The van der Waals surface area contributed by atoms with Gasteiger partial charge in [-0.2, -0.15) is 0 Å². The van der Waals surface area contributed by atoms with E-state index in [0.717, 1.165) is 50.5 Å². The maximum Gasteiger partial charge on any atom is 0.289 e. The van der Waals surface area contributed by atoms with Gasteiger partial charge in [0.05, 0.1) is 19.0 Å². The molecule has 0 unspecified atom stereocenters. The molecule has 2 atom stereocenters. The van der Waals surface area contributed by atoms with E-state index in [2.05, 4.69) is 0 Å². The summed E-state index contributed by atoms with van der Waals surface area (Å²) in [7, 11) is 0. The quantitative estimate of drug-likeness (QED) is 0.831. The van der Waals surface area contributed by atoms with E-state index >= 15 is 0 Å². The number of hydrogen-bond donors (Lipinski definition) is 0. The summed E-state index contributed by atoms with van der Waals surface area (Å²) in [6.45, 7) is 5.76. The van der Waals surface area contributed by atoms with Gasteiger partial charge < -0.3 is 18.8 Å². The first-order chi connectivity index (χ1) is 11.7. The molecular formula is C19H27NO4. The maximum absolute atomic E-state index is 12.8. The molecular weight excluding hydrogens is 306 g/mol. The third-order valence-electron chi connectivity index (χ3n) is 5.77. The number of likely N-dealkylation sites (tertiary alicyclic amines) is 1. The number of piperidine rings is 1. The predicted molar refractivity (Wildman–Crippen MR) is 88.9 cm³/mol. The van der Waals surface area contributed by atoms with E-state index in [1.54, 1.807) is 6.26 Å². The first-order valence-electron chi connectivity index (χ1n) is 9.21. The molecule has 1 saturated carbocycles. The van der Waals surface area contributed by atoms with Crippen LogP contribution in [0, 0.1) is 18.3 Å². The van der Waals surface area contributed by atoms with E-state index in [-0.39, 0.29) is 17.4 Å². The molecule has 3 aliphatic rings. The molecule has 4 rings (SSSR count). The van der Waals surface area contributed by atoms with Gasteiger partial charge in [0.25, 0.3) is 5.91 Å². The van der Waals surface area contributed by atoms with Crippen molar-refractivity contribution in [1.29, 1.82) is 0 Å². The largest absolute Gasteiger partial charge is 0.459 e. The Labute approximate surface area is 143 Å². The lowest BCUT2D eigenvalue weighted by Gasteiger charge is -2.50. The lowest BCUT2D eigenvalue weighted by molar-refractivity contribution is -0.147. The lowest BCUT2D eigenvalue weighted by Crippen LogP contribution is -2.58. The number of ether oxygens (including phenoxy) is 2. The van der Waals surface area contributed by atoms with Gasteiger partial charge in [0.1, 0.15) is 0 Å². The molecule has 5 heteroatoms. The maximum atomic E-state index is 12.8. The number of rotatable bonds is 5. The number of carbonyl (C=O) groups excluding carboxylic acids is 1. The van der Waals surface area contributed by atoms with Crippen LogP contribution in [0.2, 0.25) is 0 Å². The van der Waals surface area contributed by atoms with Crippen LogP contribution in [0.4, 0.5) is 0 Å². The van der Waals surface area contributed by atoms with E-state index in [4.69, 9.17) is 13.9 Å². The van der Waals surface area contributed by atoms with Crippen molar-refractivity contribution in [3.05, 3.63) is 23.7 Å². The van der Waals surface area contributed by atoms with Gasteiger partial charge in [0, 0.05) is 37.3 Å². The van der Waals surface area contributed by atoms with Gasteiger partial charge in [-0.25, -0.2) is 0 Å². The number of nitrogens with zero attached hydrogens (tertiary/aromatic N) is 1. The van der Waals surface area contributed by atoms with Crippen molar-refractivity contribution >= 4 is 5.91 Å². The van der Waals surface area contributed by atoms with Gasteiger partial charge >= 0.3 is 0 Å². The Morgan fingerprint density at radius 3 is 3.04 bits per heavy atom. The standard InChI is InChI=1S/C19H27NO4/c1-14-6-10-24-17(14)18(21)20-8-5-16-19(12-20,7-2-9-23-16)13-22-11-15-3-4-15/h6,10,15-16H,2-5,7-9,11-13H2,1H3/t16-,19-/m0/s1. The van der Waals surface area contributed by atoms with Crippen LogP contribution in [0.15, 0.2) is 16.7 Å². The topological polar surface area (TPSA) is 51.9 Å². The van der Waals surface area contributed by atoms with Crippen LogP contribution in [-0.4, -0.2) is 49.8 Å². The van der Waals surface area contributed by atoms with E-state index in [0.29, 0.717) is 18.9 Å². The van der Waals surface area contributed by atoms with Crippen molar-refractivity contribution < 1.29 is 18.7 Å². The minimum atomic E-state index is -0.0540. The average Bonchev–Trinajstić information content (AvgIpc) is 3.32. The van der Waals surface area contributed by atoms with Crippen LogP contribution >= 0.6 is 0 Å². The average molecular weight is 333 g/mol. The molecule has 3 heterocycles. The summed E-state index contributed by atoms with van der Waals surface area (Å²) < 4.78 is 17.5. The molecule has 1 amide bonds. The van der Waals surface area contributed by atoms with E-state index in [9.17, 15) is 4.79 Å². The third-order valence-corrected chi connectivity index (χ3v) is 5.77. The van der Waals surface area contributed by atoms with Gasteiger partial charge in [-0.15, -0.1) is 0 Å². The van der Waals surface area contributed by atoms with Crippen LogP contribution in [-0.2, 0) is 9.47 Å². The molecule has 1 aliphatic carbocycles. The van der Waals surface area contributed by atoms with Crippen LogP contribution in [0.5, 0.6) is 0 Å². The van der Waals surface area contributed by atoms with Crippen molar-refractivity contribution in [2.45, 2.75) is 45.1 Å². The van der Waals surface area contributed by atoms with Gasteiger partial charge in [0.15, 0.2) is 5.76 Å². The highest BCUT2D eigenvalue weighted by molar-refractivity contribution is 5.93. The molecule has 5 nitrogen and oxygen atoms in total. The zero-order valence-electron chi connectivity index (χ0n) is 14.5. The molecule has 0 radical (unpaired) electrons. The first-order valence-corrected chi connectivity index (χ1v) is 9.21. The fourth-order valence-electron chi connectivity index (χ4n) is 4.12. The monoisotopic (exact) mass is 333 g/mol. The van der Waals surface area contributed by atoms with Gasteiger partial charge in [0.2, 0.25) is 0 Å². The van der Waals surface area contributed by atoms with Gasteiger partial charge in [-0.3, -0.25) is 4.79 Å². The zero-order valence-corrected chi connectivity index (χ0v) is 14.5. The number of amides is 1. The second-order valence-electron chi connectivity index (χ2n) is 7.73. The highest BCUT2D eigenvalue weighted by atomic mass is 16.5. The Morgan fingerprint density at radius 1 is 1.42 bits per heavy atom. The molecule has 0 bridgehead atoms. The Morgan fingerprint density at radius 2 is 2.29 bits per heavy atom. The smallest absolute Gasteiger partial charge is 0.289 e. The molecule has 24 heavy (non-hydrogen) atoms. The molecule has 132 valence electrons. The van der Waals surface area contributed by atoms with Gasteiger partial charge in [-0.1, -0.05) is 0 Å². The molecule has 0 aromatic carbocycles. The number of carbonyl (C=O) groups is 1. The van der Waals surface area contributed by atoms with Crippen molar-refractivity contribution in [3.63, 3.8) is 0 Å². The summed E-state index contributed by atoms with van der Waals surface area (Å²) in [6.07, 6.45) is 7.41. The molecule has 1 aromatic heterocycles. The molecule has 0 spiro atoms. The van der Waals surface area contributed by atoms with Crippen molar-refractivity contribution in [3.8, 4) is 0 Å². The van der Waals surface area contributed by atoms with Crippen LogP contribution < -0.4 is 0 Å². The van der Waals surface area contributed by atoms with Crippen LogP contribution in [0.1, 0.15) is 48.2 Å². The molecule has 2 aliphatic heterocycles. The van der Waals surface area contributed by atoms with Crippen molar-refractivity contribution in [2.24, 2.45) is 11.3 Å². The summed E-state index contributed by atoms with van der Waals surface area (Å²) in [6, 6.07) is 1.85. The normalized spacial score (nSPS) is 30.2. The molecule has 1 aromatic rings. The Hall–Kier alpha value is -1.33. The fourth-order valence-corrected chi connectivity index (χ4v) is 4.12. The second-order valence-corrected chi connectivity index (χ2v) is 7.73. The second kappa shape index (κ2) is 6.52. The zero-order chi connectivity index (χ0) is 16.6. The SMILES string of the molecule is Cc1ccoc1C(=O)N1CC[C@@H]2OCCC[C@@]2(COCC2CC2)C1. The number of aryl methyl sites for hydroxylation is 1. The van der Waals surface area contributed by atoms with Gasteiger partial charge in [-0.05, 0) is 51.0 Å². The first kappa shape index (κ1) is 16.2. The van der Waals surface area contributed by atoms with Crippen LogP contribution in [0.25, 0.3) is 0 Å². The summed E-state index contributed by atoms with van der Waals surface area (Å²) in [5.41, 5.74) is 0.850. The predicted octanol–water partition coefficient (Wildman–Crippen LogP) is 3.03. The molecule has 3 fully saturated rings. The van der Waals surface area contributed by atoms with Crippen LogP contribution in [0.3, 0.4) is 0 Å². The Balaban J connectivity index is 1.47. The molecule has 2 saturated heterocycles. The minimum absolute atomic E-state index is 0.00286. The van der Waals surface area contributed by atoms with Crippen molar-refractivity contribution in [2.75, 3.05) is 32.9 Å². The summed E-state index contributed by atoms with van der Waals surface area (Å²) in [4.78, 5) is 14.8. The highest BCUT2D eigenvalue weighted by Gasteiger charge is 2.47. The summed E-state index contributed by atoms with van der Waals surface area (Å²) >= 11 is 0. The number of furan rings is 1. The Bertz CT molecular complexity index is 594. The third kappa shape index (κ3) is 3.11. The lowest BCUT2D eigenvalue weighted by atomic mass is 9.73. The molecule has 0 N–H and O–H groups in total. The number of fused-ring (bicyclic) bond motifs is 1. The van der Waals surface area contributed by atoms with E-state index in [1.807, 2.05) is 17.9 Å². The summed E-state index contributed by atoms with van der Waals surface area (Å²) in [5.74, 6) is 1.23. The minimum Gasteiger partial charge on any atom is -0.459 e. The summed E-state index contributed by atoms with van der Waals surface area (Å²) in [5, 5.41) is 0. The van der Waals surface area contributed by atoms with Crippen molar-refractivity contribution in [1.82, 2.24) is 4.90 Å². The van der Waals surface area contributed by atoms with E-state index < -0.39 is 0 Å².